The number of nitro groups is 1. The first-order valence-electron chi connectivity index (χ1n) is 5.43. The summed E-state index contributed by atoms with van der Waals surface area (Å²) in [4.78, 5) is 10.2. The molecule has 0 fully saturated rings. The Bertz CT molecular complexity index is 777. The van der Waals surface area contributed by atoms with Crippen molar-refractivity contribution in [2.24, 2.45) is 0 Å². The molecule has 2 rings (SSSR count). The van der Waals surface area contributed by atoms with Gasteiger partial charge in [-0.3, -0.25) is 10.1 Å². The van der Waals surface area contributed by atoms with E-state index in [1.54, 1.807) is 6.07 Å². The molecule has 21 heavy (non-hydrogen) atoms. The van der Waals surface area contributed by atoms with Gasteiger partial charge in [-0.2, -0.15) is 5.26 Å². The number of nitro benzene ring substituents is 1. The first-order valence-corrected chi connectivity index (χ1v) is 6.60. The second-order valence-electron chi connectivity index (χ2n) is 3.85. The highest BCUT2D eigenvalue weighted by Crippen LogP contribution is 2.35. The van der Waals surface area contributed by atoms with E-state index in [2.05, 4.69) is 15.9 Å². The summed E-state index contributed by atoms with van der Waals surface area (Å²) in [6, 6.07) is 7.81. The van der Waals surface area contributed by atoms with Crippen LogP contribution < -0.4 is 4.74 Å². The van der Waals surface area contributed by atoms with E-state index in [0.29, 0.717) is 4.47 Å². The molecule has 106 valence electrons. The van der Waals surface area contributed by atoms with E-state index >= 15 is 0 Å². The van der Waals surface area contributed by atoms with Crippen LogP contribution in [0.3, 0.4) is 0 Å². The lowest BCUT2D eigenvalue weighted by Gasteiger charge is -2.09. The molecule has 0 radical (unpaired) electrons. The number of ether oxygens (including phenoxy) is 1. The Hall–Kier alpha value is -2.17. The second kappa shape index (κ2) is 6.08. The molecule has 0 heterocycles. The smallest absolute Gasteiger partial charge is 0.290 e. The van der Waals surface area contributed by atoms with Crippen LogP contribution in [0.4, 0.5) is 10.1 Å². The Balaban J connectivity index is 2.41. The average molecular weight is 372 g/mol. The monoisotopic (exact) mass is 370 g/mol. The van der Waals surface area contributed by atoms with Gasteiger partial charge in [0.25, 0.3) is 5.69 Å². The lowest BCUT2D eigenvalue weighted by atomic mass is 10.2. The minimum Gasteiger partial charge on any atom is -0.456 e. The topological polar surface area (TPSA) is 76.2 Å². The summed E-state index contributed by atoms with van der Waals surface area (Å²) in [5.41, 5.74) is -0.478. The van der Waals surface area contributed by atoms with Crippen molar-refractivity contribution in [2.45, 2.75) is 0 Å². The molecule has 0 atom stereocenters. The average Bonchev–Trinajstić information content (AvgIpc) is 2.44. The van der Waals surface area contributed by atoms with Crippen molar-refractivity contribution in [3.05, 3.63) is 61.3 Å². The van der Waals surface area contributed by atoms with Crippen molar-refractivity contribution in [3.63, 3.8) is 0 Å². The summed E-state index contributed by atoms with van der Waals surface area (Å²) in [6.45, 7) is 0. The maximum atomic E-state index is 13.4. The van der Waals surface area contributed by atoms with E-state index < -0.39 is 10.7 Å². The van der Waals surface area contributed by atoms with Gasteiger partial charge in [0, 0.05) is 6.07 Å². The van der Waals surface area contributed by atoms with Gasteiger partial charge in [0.05, 0.1) is 20.5 Å². The van der Waals surface area contributed by atoms with Gasteiger partial charge < -0.3 is 4.74 Å². The van der Waals surface area contributed by atoms with Crippen molar-refractivity contribution in [3.8, 4) is 17.6 Å². The molecule has 8 heteroatoms. The van der Waals surface area contributed by atoms with E-state index in [1.807, 2.05) is 0 Å². The van der Waals surface area contributed by atoms with E-state index in [0.717, 1.165) is 12.1 Å². The van der Waals surface area contributed by atoms with Crippen LogP contribution >= 0.6 is 27.5 Å². The first-order chi connectivity index (χ1) is 9.92. The molecule has 0 bridgehead atoms. The van der Waals surface area contributed by atoms with E-state index in [9.17, 15) is 14.5 Å². The zero-order valence-electron chi connectivity index (χ0n) is 10.1. The van der Waals surface area contributed by atoms with Crippen molar-refractivity contribution >= 4 is 33.2 Å². The van der Waals surface area contributed by atoms with Crippen LogP contribution in [-0.4, -0.2) is 4.92 Å². The normalized spacial score (nSPS) is 10.0. The van der Waals surface area contributed by atoms with Gasteiger partial charge in [-0.1, -0.05) is 11.6 Å². The van der Waals surface area contributed by atoms with Crippen LogP contribution in [0.1, 0.15) is 5.56 Å². The van der Waals surface area contributed by atoms with Crippen molar-refractivity contribution in [1.29, 1.82) is 5.26 Å². The number of nitriles is 1. The molecule has 0 aromatic heterocycles. The van der Waals surface area contributed by atoms with Gasteiger partial charge in [0.1, 0.15) is 28.9 Å². The predicted octanol–water partition coefficient (Wildman–Crippen LogP) is 4.81. The molecular weight excluding hydrogens is 367 g/mol. The van der Waals surface area contributed by atoms with Crippen molar-refractivity contribution in [2.75, 3.05) is 0 Å². The molecule has 0 aliphatic carbocycles. The van der Waals surface area contributed by atoms with Gasteiger partial charge in [-0.15, -0.1) is 0 Å². The third-order valence-electron chi connectivity index (χ3n) is 2.49. The standard InChI is InChI=1S/C13H5BrClFN2O3/c14-9-4-10(15)11(16)5-13(9)21-8-2-1-7(6-17)12(3-8)18(19)20/h1-5H. The van der Waals surface area contributed by atoms with E-state index in [1.165, 1.54) is 18.2 Å². The predicted molar refractivity (Wildman–Crippen MR) is 77.0 cm³/mol. The summed E-state index contributed by atoms with van der Waals surface area (Å²) in [6.07, 6.45) is 0. The fraction of sp³-hybridized carbons (Fsp3) is 0. The summed E-state index contributed by atoms with van der Waals surface area (Å²) in [5, 5.41) is 19.6. The van der Waals surface area contributed by atoms with Gasteiger partial charge in [-0.05, 0) is 34.1 Å². The molecule has 2 aromatic carbocycles. The Morgan fingerprint density at radius 1 is 1.38 bits per heavy atom. The Morgan fingerprint density at radius 3 is 2.71 bits per heavy atom. The number of hydrogen-bond donors (Lipinski definition) is 0. The highest BCUT2D eigenvalue weighted by atomic mass is 79.9. The van der Waals surface area contributed by atoms with Crippen LogP contribution in [0.25, 0.3) is 0 Å². The molecule has 0 unspecified atom stereocenters. The third-order valence-corrected chi connectivity index (χ3v) is 3.40. The highest BCUT2D eigenvalue weighted by molar-refractivity contribution is 9.10. The minimum atomic E-state index is -0.692. The molecule has 0 saturated heterocycles. The molecule has 5 nitrogen and oxygen atoms in total. The first kappa shape index (κ1) is 15.2. The molecule has 0 aliphatic rings. The maximum absolute atomic E-state index is 13.4. The highest BCUT2D eigenvalue weighted by Gasteiger charge is 2.16. The van der Waals surface area contributed by atoms with Gasteiger partial charge in [-0.25, -0.2) is 4.39 Å². The molecule has 2 aromatic rings. The fourth-order valence-electron chi connectivity index (χ4n) is 1.53. The fourth-order valence-corrected chi connectivity index (χ4v) is 2.25. The Morgan fingerprint density at radius 2 is 2.10 bits per heavy atom. The lowest BCUT2D eigenvalue weighted by Crippen LogP contribution is -1.94. The number of rotatable bonds is 3. The van der Waals surface area contributed by atoms with Crippen LogP contribution in [0.5, 0.6) is 11.5 Å². The zero-order chi connectivity index (χ0) is 15.6. The maximum Gasteiger partial charge on any atom is 0.290 e. The number of benzene rings is 2. The van der Waals surface area contributed by atoms with Gasteiger partial charge >= 0.3 is 0 Å². The van der Waals surface area contributed by atoms with E-state index in [4.69, 9.17) is 21.6 Å². The summed E-state index contributed by atoms with van der Waals surface area (Å²) < 4.78 is 19.2. The molecular formula is C13H5BrClFN2O3. The minimum absolute atomic E-state index is 0.0833. The molecule has 0 N–H and O–H groups in total. The lowest BCUT2D eigenvalue weighted by molar-refractivity contribution is -0.385. The van der Waals surface area contributed by atoms with Gasteiger partial charge in [0.15, 0.2) is 0 Å². The summed E-state index contributed by atoms with van der Waals surface area (Å²) >= 11 is 8.76. The Kier molecular flexibility index (Phi) is 4.40. The van der Waals surface area contributed by atoms with Crippen molar-refractivity contribution < 1.29 is 14.1 Å². The van der Waals surface area contributed by atoms with Crippen LogP contribution in [0.2, 0.25) is 5.02 Å². The van der Waals surface area contributed by atoms with Crippen LogP contribution in [0, 0.1) is 27.3 Å². The largest absolute Gasteiger partial charge is 0.456 e. The van der Waals surface area contributed by atoms with E-state index in [-0.39, 0.29) is 27.8 Å². The van der Waals surface area contributed by atoms with Crippen molar-refractivity contribution in [1.82, 2.24) is 0 Å². The molecule has 0 spiro atoms. The molecule has 0 aliphatic heterocycles. The number of nitrogens with zero attached hydrogens (tertiary/aromatic N) is 2. The van der Waals surface area contributed by atoms with Gasteiger partial charge in [0.2, 0.25) is 0 Å². The summed E-state index contributed by atoms with van der Waals surface area (Å²) in [7, 11) is 0. The number of hydrogen-bond acceptors (Lipinski definition) is 4. The van der Waals surface area contributed by atoms with Crippen LogP contribution in [-0.2, 0) is 0 Å². The Labute approximate surface area is 131 Å². The summed E-state index contributed by atoms with van der Waals surface area (Å²) in [5.74, 6) is -0.475. The molecule has 0 saturated carbocycles. The van der Waals surface area contributed by atoms with Crippen LogP contribution in [0.15, 0.2) is 34.8 Å². The zero-order valence-corrected chi connectivity index (χ0v) is 12.5. The number of halogens is 3. The second-order valence-corrected chi connectivity index (χ2v) is 5.11. The SMILES string of the molecule is N#Cc1ccc(Oc2cc(F)c(Cl)cc2Br)cc1[N+](=O)[O-]. The third kappa shape index (κ3) is 3.29. The quantitative estimate of drug-likeness (QED) is 0.440. The molecule has 0 amide bonds.